The zero-order valence-corrected chi connectivity index (χ0v) is 12.2. The maximum atomic E-state index is 5.41. The highest BCUT2D eigenvalue weighted by Crippen LogP contribution is 2.22. The van der Waals surface area contributed by atoms with Crippen molar-refractivity contribution in [3.63, 3.8) is 0 Å². The molecule has 2 aromatic carbocycles. The second-order valence-corrected chi connectivity index (χ2v) is 5.42. The van der Waals surface area contributed by atoms with Gasteiger partial charge < -0.3 is 9.51 Å². The molecule has 0 fully saturated rings. The average Bonchev–Trinajstić information content (AvgIpc) is 3.16. The van der Waals surface area contributed by atoms with Gasteiger partial charge in [0.2, 0.25) is 11.7 Å². The van der Waals surface area contributed by atoms with Crippen molar-refractivity contribution in [1.82, 2.24) is 15.1 Å². The Morgan fingerprint density at radius 3 is 2.91 bits per heavy atom. The maximum Gasteiger partial charge on any atom is 0.231 e. The summed E-state index contributed by atoms with van der Waals surface area (Å²) in [6, 6.07) is 16.3. The highest BCUT2D eigenvalue weighted by molar-refractivity contribution is 5.83. The van der Waals surface area contributed by atoms with Crippen molar-refractivity contribution >= 4 is 10.9 Å². The Labute approximate surface area is 127 Å². The Morgan fingerprint density at radius 1 is 1.09 bits per heavy atom. The zero-order valence-electron chi connectivity index (χ0n) is 12.2. The Hall–Kier alpha value is -2.88. The summed E-state index contributed by atoms with van der Waals surface area (Å²) in [7, 11) is 0. The molecule has 2 heterocycles. The van der Waals surface area contributed by atoms with E-state index in [1.54, 1.807) is 0 Å². The minimum atomic E-state index is 0.626. The molecular weight excluding hydrogens is 274 g/mol. The van der Waals surface area contributed by atoms with E-state index < -0.39 is 0 Å². The fourth-order valence-electron chi connectivity index (χ4n) is 2.67. The number of H-pyrrole nitrogens is 1. The van der Waals surface area contributed by atoms with Crippen LogP contribution in [0.3, 0.4) is 0 Å². The van der Waals surface area contributed by atoms with Crippen molar-refractivity contribution in [2.45, 2.75) is 13.3 Å². The van der Waals surface area contributed by atoms with E-state index in [0.29, 0.717) is 18.1 Å². The highest BCUT2D eigenvalue weighted by Gasteiger charge is 2.11. The van der Waals surface area contributed by atoms with Gasteiger partial charge in [0.25, 0.3) is 0 Å². The molecule has 22 heavy (non-hydrogen) atoms. The average molecular weight is 289 g/mol. The lowest BCUT2D eigenvalue weighted by atomic mass is 10.1. The van der Waals surface area contributed by atoms with E-state index in [1.807, 2.05) is 30.5 Å². The summed E-state index contributed by atoms with van der Waals surface area (Å²) in [6.07, 6.45) is 2.63. The zero-order chi connectivity index (χ0) is 14.9. The van der Waals surface area contributed by atoms with Crippen molar-refractivity contribution < 1.29 is 4.52 Å². The second kappa shape index (κ2) is 5.15. The number of rotatable bonds is 3. The molecule has 0 saturated heterocycles. The van der Waals surface area contributed by atoms with E-state index in [-0.39, 0.29) is 0 Å². The van der Waals surface area contributed by atoms with Crippen molar-refractivity contribution in [1.29, 1.82) is 0 Å². The van der Waals surface area contributed by atoms with Gasteiger partial charge in [0.05, 0.1) is 6.42 Å². The molecular formula is C18H15N3O. The quantitative estimate of drug-likeness (QED) is 0.617. The molecule has 4 heteroatoms. The van der Waals surface area contributed by atoms with E-state index >= 15 is 0 Å². The third-order valence-corrected chi connectivity index (χ3v) is 3.76. The number of benzene rings is 2. The summed E-state index contributed by atoms with van der Waals surface area (Å²) in [4.78, 5) is 7.78. The Bertz CT molecular complexity index is 936. The van der Waals surface area contributed by atoms with Crippen LogP contribution in [0.15, 0.2) is 59.3 Å². The van der Waals surface area contributed by atoms with E-state index in [0.717, 1.165) is 16.6 Å². The van der Waals surface area contributed by atoms with Crippen LogP contribution in [0.4, 0.5) is 0 Å². The standard InChI is InChI=1S/C18H15N3O/c1-12-5-4-6-13(9-12)18-20-17(22-21-18)10-14-11-19-16-8-3-2-7-15(14)16/h2-9,11,19H,10H2,1H3. The molecule has 0 spiro atoms. The van der Waals surface area contributed by atoms with Crippen LogP contribution in [0, 0.1) is 6.92 Å². The number of hydrogen-bond acceptors (Lipinski definition) is 3. The van der Waals surface area contributed by atoms with E-state index in [1.165, 1.54) is 10.9 Å². The fraction of sp³-hybridized carbons (Fsp3) is 0.111. The molecule has 4 nitrogen and oxygen atoms in total. The largest absolute Gasteiger partial charge is 0.361 e. The number of nitrogens with zero attached hydrogens (tertiary/aromatic N) is 2. The number of para-hydroxylation sites is 1. The summed E-state index contributed by atoms with van der Waals surface area (Å²) in [5, 5.41) is 5.28. The van der Waals surface area contributed by atoms with E-state index in [2.05, 4.69) is 46.3 Å². The van der Waals surface area contributed by atoms with Crippen LogP contribution in [0.2, 0.25) is 0 Å². The molecule has 1 N–H and O–H groups in total. The van der Waals surface area contributed by atoms with Gasteiger partial charge in [0, 0.05) is 22.7 Å². The van der Waals surface area contributed by atoms with Crippen molar-refractivity contribution in [3.8, 4) is 11.4 Å². The van der Waals surface area contributed by atoms with Gasteiger partial charge in [-0.1, -0.05) is 47.1 Å². The lowest BCUT2D eigenvalue weighted by Gasteiger charge is -1.95. The molecule has 108 valence electrons. The normalized spacial score (nSPS) is 11.1. The van der Waals surface area contributed by atoms with E-state index in [9.17, 15) is 0 Å². The summed E-state index contributed by atoms with van der Waals surface area (Å²) >= 11 is 0. The molecule has 0 aliphatic heterocycles. The first kappa shape index (κ1) is 12.8. The third-order valence-electron chi connectivity index (χ3n) is 3.76. The molecule has 0 amide bonds. The van der Waals surface area contributed by atoms with Crippen molar-refractivity contribution in [2.24, 2.45) is 0 Å². The van der Waals surface area contributed by atoms with Gasteiger partial charge in [-0.05, 0) is 24.6 Å². The van der Waals surface area contributed by atoms with Crippen LogP contribution >= 0.6 is 0 Å². The van der Waals surface area contributed by atoms with Gasteiger partial charge >= 0.3 is 0 Å². The number of aryl methyl sites for hydroxylation is 1. The van der Waals surface area contributed by atoms with Crippen LogP contribution < -0.4 is 0 Å². The van der Waals surface area contributed by atoms with E-state index in [4.69, 9.17) is 4.52 Å². The van der Waals surface area contributed by atoms with Gasteiger partial charge in [-0.15, -0.1) is 0 Å². The molecule has 4 rings (SSSR count). The van der Waals surface area contributed by atoms with Gasteiger partial charge in [-0.25, -0.2) is 0 Å². The van der Waals surface area contributed by atoms with Crippen LogP contribution in [0.5, 0.6) is 0 Å². The molecule has 0 aliphatic rings. The second-order valence-electron chi connectivity index (χ2n) is 5.42. The first-order valence-corrected chi connectivity index (χ1v) is 7.24. The molecule has 0 saturated carbocycles. The lowest BCUT2D eigenvalue weighted by molar-refractivity contribution is 0.386. The smallest absolute Gasteiger partial charge is 0.231 e. The number of aromatic amines is 1. The van der Waals surface area contributed by atoms with Crippen molar-refractivity contribution in [2.75, 3.05) is 0 Å². The predicted octanol–water partition coefficient (Wildman–Crippen LogP) is 4.12. The highest BCUT2D eigenvalue weighted by atomic mass is 16.5. The molecule has 0 bridgehead atoms. The summed E-state index contributed by atoms with van der Waals surface area (Å²) in [6.45, 7) is 2.05. The van der Waals surface area contributed by atoms with Crippen LogP contribution in [0.1, 0.15) is 17.0 Å². The third kappa shape index (κ3) is 2.29. The molecule has 0 radical (unpaired) electrons. The Morgan fingerprint density at radius 2 is 2.00 bits per heavy atom. The summed E-state index contributed by atoms with van der Waals surface area (Å²) in [5.74, 6) is 1.26. The maximum absolute atomic E-state index is 5.41. The molecule has 4 aromatic rings. The predicted molar refractivity (Wildman–Crippen MR) is 85.6 cm³/mol. The summed E-state index contributed by atoms with van der Waals surface area (Å²) < 4.78 is 5.41. The molecule has 0 atom stereocenters. The minimum absolute atomic E-state index is 0.626. The van der Waals surface area contributed by atoms with Gasteiger partial charge in [-0.3, -0.25) is 0 Å². The summed E-state index contributed by atoms with van der Waals surface area (Å²) in [5.41, 5.74) is 4.44. The number of aromatic nitrogens is 3. The molecule has 2 aromatic heterocycles. The molecule has 0 unspecified atom stereocenters. The SMILES string of the molecule is Cc1cccc(-c2noc(Cc3c[nH]c4ccccc34)n2)c1. The monoisotopic (exact) mass is 289 g/mol. The van der Waals surface area contributed by atoms with Crippen LogP contribution in [0.25, 0.3) is 22.3 Å². The van der Waals surface area contributed by atoms with Crippen LogP contribution in [-0.4, -0.2) is 15.1 Å². The van der Waals surface area contributed by atoms with Crippen LogP contribution in [-0.2, 0) is 6.42 Å². The first-order valence-electron chi connectivity index (χ1n) is 7.24. The van der Waals surface area contributed by atoms with Gasteiger partial charge in [0.15, 0.2) is 0 Å². The topological polar surface area (TPSA) is 54.7 Å². The molecule has 0 aliphatic carbocycles. The number of hydrogen-bond donors (Lipinski definition) is 1. The first-order chi connectivity index (χ1) is 10.8. The number of nitrogens with one attached hydrogen (secondary N) is 1. The minimum Gasteiger partial charge on any atom is -0.361 e. The lowest BCUT2D eigenvalue weighted by Crippen LogP contribution is -1.87. The van der Waals surface area contributed by atoms with Gasteiger partial charge in [-0.2, -0.15) is 4.98 Å². The fourth-order valence-corrected chi connectivity index (χ4v) is 2.67. The van der Waals surface area contributed by atoms with Gasteiger partial charge in [0.1, 0.15) is 0 Å². The Balaban J connectivity index is 1.65. The Kier molecular flexibility index (Phi) is 3.00. The van der Waals surface area contributed by atoms with Crippen molar-refractivity contribution in [3.05, 3.63) is 71.7 Å². The number of fused-ring (bicyclic) bond motifs is 1.